The summed E-state index contributed by atoms with van der Waals surface area (Å²) in [6.07, 6.45) is 1.89. The second-order valence-electron chi connectivity index (χ2n) is 7.42. The van der Waals surface area contributed by atoms with Crippen molar-refractivity contribution in [3.8, 4) is 0 Å². The number of likely N-dealkylation sites (N-methyl/N-ethyl adjacent to an activating group) is 1. The van der Waals surface area contributed by atoms with Gasteiger partial charge in [0.1, 0.15) is 12.1 Å². The molecule has 28 heavy (non-hydrogen) atoms. The van der Waals surface area contributed by atoms with Crippen LogP contribution in [0.1, 0.15) is 38.2 Å². The molecule has 1 aliphatic heterocycles. The van der Waals surface area contributed by atoms with Crippen molar-refractivity contribution in [1.29, 1.82) is 0 Å². The van der Waals surface area contributed by atoms with Crippen LogP contribution in [0.3, 0.4) is 0 Å². The van der Waals surface area contributed by atoms with E-state index in [1.165, 1.54) is 11.8 Å². The number of hydrogen-bond acceptors (Lipinski definition) is 5. The van der Waals surface area contributed by atoms with E-state index in [2.05, 4.69) is 5.32 Å². The Morgan fingerprint density at radius 1 is 1.21 bits per heavy atom. The molecular weight excluding hydrogens is 362 g/mol. The molecule has 0 bridgehead atoms. The lowest BCUT2D eigenvalue weighted by Gasteiger charge is -2.22. The molecule has 150 valence electrons. The zero-order valence-corrected chi connectivity index (χ0v) is 16.1. The smallest absolute Gasteiger partial charge is 0.327 e. The van der Waals surface area contributed by atoms with E-state index >= 15 is 0 Å². The zero-order chi connectivity index (χ0) is 20.3. The monoisotopic (exact) mass is 387 g/mol. The fourth-order valence-electron chi connectivity index (χ4n) is 3.80. The number of imide groups is 1. The molecule has 1 saturated carbocycles. The van der Waals surface area contributed by atoms with Gasteiger partial charge >= 0.3 is 12.0 Å². The third-order valence-electron chi connectivity index (χ3n) is 5.29. The summed E-state index contributed by atoms with van der Waals surface area (Å²) in [6.45, 7) is 1.37. The van der Waals surface area contributed by atoms with Crippen molar-refractivity contribution in [2.45, 2.75) is 50.8 Å². The minimum absolute atomic E-state index is 0.360. The van der Waals surface area contributed by atoms with Gasteiger partial charge in [-0.2, -0.15) is 0 Å². The van der Waals surface area contributed by atoms with E-state index in [-0.39, 0.29) is 11.8 Å². The Balaban J connectivity index is 1.53. The molecule has 1 N–H and O–H groups in total. The summed E-state index contributed by atoms with van der Waals surface area (Å²) in [4.78, 5) is 51.7. The van der Waals surface area contributed by atoms with Gasteiger partial charge in [-0.25, -0.2) is 4.79 Å². The van der Waals surface area contributed by atoms with Crippen LogP contribution >= 0.6 is 0 Å². The van der Waals surface area contributed by atoms with Gasteiger partial charge in [-0.1, -0.05) is 43.2 Å². The van der Waals surface area contributed by atoms with Gasteiger partial charge in [-0.3, -0.25) is 19.3 Å². The maximum absolute atomic E-state index is 12.6. The topological polar surface area (TPSA) is 96.0 Å². The van der Waals surface area contributed by atoms with Crippen LogP contribution in [0.4, 0.5) is 4.79 Å². The Bertz CT molecular complexity index is 773. The molecule has 2 fully saturated rings. The number of amides is 4. The van der Waals surface area contributed by atoms with Crippen molar-refractivity contribution in [2.24, 2.45) is 0 Å². The standard InChI is InChI=1S/C20H25N3O5/c1-14(17(25)22(2)12-15-8-4-3-5-9-15)28-16(24)13-23-18(26)20(21-19(23)27)10-6-7-11-20/h3-5,8-9,14H,6-7,10-13H2,1-2H3,(H,21,27)/t14-/m0/s1. The minimum Gasteiger partial charge on any atom is -0.451 e. The molecule has 1 aromatic rings. The molecule has 4 amide bonds. The highest BCUT2D eigenvalue weighted by Crippen LogP contribution is 2.34. The molecule has 1 aromatic carbocycles. The molecular formula is C20H25N3O5. The lowest BCUT2D eigenvalue weighted by atomic mass is 9.98. The predicted octanol–water partition coefficient (Wildman–Crippen LogP) is 1.44. The zero-order valence-electron chi connectivity index (χ0n) is 16.1. The quantitative estimate of drug-likeness (QED) is 0.589. The molecule has 0 unspecified atom stereocenters. The largest absolute Gasteiger partial charge is 0.451 e. The summed E-state index contributed by atoms with van der Waals surface area (Å²) < 4.78 is 5.18. The van der Waals surface area contributed by atoms with Gasteiger partial charge in [0, 0.05) is 13.6 Å². The molecule has 0 aromatic heterocycles. The van der Waals surface area contributed by atoms with Gasteiger partial charge < -0.3 is 15.0 Å². The van der Waals surface area contributed by atoms with Crippen LogP contribution in [0.15, 0.2) is 30.3 Å². The van der Waals surface area contributed by atoms with Crippen molar-refractivity contribution >= 4 is 23.8 Å². The number of rotatable bonds is 6. The van der Waals surface area contributed by atoms with E-state index in [1.54, 1.807) is 7.05 Å². The van der Waals surface area contributed by atoms with Crippen LogP contribution in [0.2, 0.25) is 0 Å². The summed E-state index contributed by atoms with van der Waals surface area (Å²) in [5.74, 6) is -1.53. The van der Waals surface area contributed by atoms with E-state index < -0.39 is 30.2 Å². The SMILES string of the molecule is C[C@H](OC(=O)CN1C(=O)NC2(CCCC2)C1=O)C(=O)N(C)Cc1ccccc1. The van der Waals surface area contributed by atoms with Gasteiger partial charge in [-0.05, 0) is 25.3 Å². The number of nitrogens with zero attached hydrogens (tertiary/aromatic N) is 2. The van der Waals surface area contributed by atoms with Gasteiger partial charge in [0.15, 0.2) is 6.10 Å². The van der Waals surface area contributed by atoms with E-state index in [0.717, 1.165) is 23.3 Å². The van der Waals surface area contributed by atoms with Crippen LogP contribution < -0.4 is 5.32 Å². The Morgan fingerprint density at radius 2 is 1.86 bits per heavy atom. The fraction of sp³-hybridized carbons (Fsp3) is 0.500. The van der Waals surface area contributed by atoms with Crippen LogP contribution in [-0.4, -0.2) is 58.8 Å². The Kier molecular flexibility index (Phi) is 5.67. The summed E-state index contributed by atoms with van der Waals surface area (Å²) in [6, 6.07) is 8.87. The average Bonchev–Trinajstić information content (AvgIpc) is 3.22. The van der Waals surface area contributed by atoms with Crippen molar-refractivity contribution in [3.63, 3.8) is 0 Å². The number of carbonyl (C=O) groups excluding carboxylic acids is 4. The van der Waals surface area contributed by atoms with Crippen molar-refractivity contribution < 1.29 is 23.9 Å². The summed E-state index contributed by atoms with van der Waals surface area (Å²) in [7, 11) is 1.63. The maximum atomic E-state index is 12.6. The average molecular weight is 387 g/mol. The number of benzene rings is 1. The number of esters is 1. The highest BCUT2D eigenvalue weighted by Gasteiger charge is 2.52. The first-order valence-electron chi connectivity index (χ1n) is 9.45. The Hall–Kier alpha value is -2.90. The lowest BCUT2D eigenvalue weighted by molar-refractivity contribution is -0.160. The number of ether oxygens (including phenoxy) is 1. The Labute approximate surface area is 163 Å². The van der Waals surface area contributed by atoms with Gasteiger partial charge in [0.2, 0.25) is 0 Å². The maximum Gasteiger partial charge on any atom is 0.327 e. The van der Waals surface area contributed by atoms with E-state index in [1.807, 2.05) is 30.3 Å². The molecule has 1 spiro atoms. The van der Waals surface area contributed by atoms with Crippen molar-refractivity contribution in [3.05, 3.63) is 35.9 Å². The minimum atomic E-state index is -1.01. The first-order valence-corrected chi connectivity index (χ1v) is 9.45. The number of hydrogen-bond donors (Lipinski definition) is 1. The van der Waals surface area contributed by atoms with Crippen molar-refractivity contribution in [1.82, 2.24) is 15.1 Å². The summed E-state index contributed by atoms with van der Waals surface area (Å²) in [5, 5.41) is 2.71. The molecule has 3 rings (SSSR count). The molecule has 8 nitrogen and oxygen atoms in total. The van der Waals surface area contributed by atoms with Crippen molar-refractivity contribution in [2.75, 3.05) is 13.6 Å². The molecule has 1 atom stereocenters. The molecule has 0 radical (unpaired) electrons. The van der Waals surface area contributed by atoms with Gasteiger partial charge in [-0.15, -0.1) is 0 Å². The predicted molar refractivity (Wildman–Crippen MR) is 99.9 cm³/mol. The van der Waals surface area contributed by atoms with E-state index in [9.17, 15) is 19.2 Å². The molecule has 2 aliphatic rings. The summed E-state index contributed by atoms with van der Waals surface area (Å²) >= 11 is 0. The van der Waals surface area contributed by atoms with E-state index in [4.69, 9.17) is 4.74 Å². The third-order valence-corrected chi connectivity index (χ3v) is 5.29. The molecule has 1 saturated heterocycles. The van der Waals surface area contributed by atoms with Crippen LogP contribution in [0.25, 0.3) is 0 Å². The normalized spacial score (nSPS) is 18.9. The first-order chi connectivity index (χ1) is 13.3. The van der Waals surface area contributed by atoms with Gasteiger partial charge in [0.25, 0.3) is 11.8 Å². The summed E-state index contributed by atoms with van der Waals surface area (Å²) in [5.41, 5.74) is 0.0902. The Morgan fingerprint density at radius 3 is 2.50 bits per heavy atom. The highest BCUT2D eigenvalue weighted by atomic mass is 16.5. The van der Waals surface area contributed by atoms with Crippen LogP contribution in [0, 0.1) is 0 Å². The molecule has 1 heterocycles. The second-order valence-corrected chi connectivity index (χ2v) is 7.42. The van der Waals surface area contributed by atoms with Crippen LogP contribution in [0.5, 0.6) is 0 Å². The second kappa shape index (κ2) is 8.00. The molecule has 8 heteroatoms. The number of urea groups is 1. The fourth-order valence-corrected chi connectivity index (χ4v) is 3.80. The lowest BCUT2D eigenvalue weighted by Crippen LogP contribution is -2.45. The highest BCUT2D eigenvalue weighted by molar-refractivity contribution is 6.08. The van der Waals surface area contributed by atoms with Crippen LogP contribution in [-0.2, 0) is 25.7 Å². The number of nitrogens with one attached hydrogen (secondary N) is 1. The molecule has 1 aliphatic carbocycles. The van der Waals surface area contributed by atoms with E-state index in [0.29, 0.717) is 19.4 Å². The third kappa shape index (κ3) is 4.00. The number of carbonyl (C=O) groups is 4. The first kappa shape index (κ1) is 19.9. The van der Waals surface area contributed by atoms with Gasteiger partial charge in [0.05, 0.1) is 0 Å².